The molecule has 1 unspecified atom stereocenters. The van der Waals surface area contributed by atoms with E-state index in [1.165, 1.54) is 23.3 Å². The fourth-order valence-electron chi connectivity index (χ4n) is 2.76. The van der Waals surface area contributed by atoms with E-state index >= 15 is 0 Å². The van der Waals surface area contributed by atoms with Gasteiger partial charge in [-0.1, -0.05) is 0 Å². The highest BCUT2D eigenvalue weighted by atomic mass is 32.1. The molecule has 0 spiro atoms. The predicted molar refractivity (Wildman–Crippen MR) is 73.7 cm³/mol. The number of hydrogen-bond acceptors (Lipinski definition) is 4. The lowest BCUT2D eigenvalue weighted by molar-refractivity contribution is 0.0264. The van der Waals surface area contributed by atoms with Gasteiger partial charge in [0.05, 0.1) is 12.2 Å². The van der Waals surface area contributed by atoms with Crippen LogP contribution in [0.5, 0.6) is 0 Å². The van der Waals surface area contributed by atoms with Crippen LogP contribution in [0.3, 0.4) is 0 Å². The third-order valence-corrected chi connectivity index (χ3v) is 5.06. The summed E-state index contributed by atoms with van der Waals surface area (Å²) in [6, 6.07) is 0. The molecule has 1 aromatic heterocycles. The number of thiophene rings is 1. The van der Waals surface area contributed by atoms with Gasteiger partial charge >= 0.3 is 0 Å². The topological polar surface area (TPSA) is 58.6 Å². The van der Waals surface area contributed by atoms with E-state index in [0.717, 1.165) is 18.4 Å². The van der Waals surface area contributed by atoms with Gasteiger partial charge in [0.1, 0.15) is 5.60 Å². The largest absolute Gasteiger partial charge is 0.386 e. The first-order chi connectivity index (χ1) is 9.18. The Morgan fingerprint density at radius 2 is 2.32 bits per heavy atom. The highest BCUT2D eigenvalue weighted by molar-refractivity contribution is 7.10. The monoisotopic (exact) mass is 281 g/mol. The summed E-state index contributed by atoms with van der Waals surface area (Å²) in [6.45, 7) is 1.16. The summed E-state index contributed by atoms with van der Waals surface area (Å²) in [7, 11) is 0. The summed E-state index contributed by atoms with van der Waals surface area (Å²) < 4.78 is 5.17. The van der Waals surface area contributed by atoms with Crippen LogP contribution in [0.1, 0.15) is 40.1 Å². The number of carbonyl (C=O) groups is 1. The second kappa shape index (κ2) is 5.23. The fraction of sp³-hybridized carbons (Fsp3) is 0.643. The number of nitrogens with one attached hydrogen (secondary N) is 1. The van der Waals surface area contributed by atoms with Gasteiger partial charge in [-0.15, -0.1) is 11.3 Å². The van der Waals surface area contributed by atoms with Crippen LogP contribution < -0.4 is 5.32 Å². The average Bonchev–Trinajstić information content (AvgIpc) is 3.03. The summed E-state index contributed by atoms with van der Waals surface area (Å²) in [5.41, 5.74) is 1.15. The van der Waals surface area contributed by atoms with Crippen LogP contribution in [0.15, 0.2) is 5.38 Å². The van der Waals surface area contributed by atoms with E-state index in [-0.39, 0.29) is 12.5 Å². The van der Waals surface area contributed by atoms with Crippen molar-refractivity contribution in [2.75, 3.05) is 19.8 Å². The highest BCUT2D eigenvalue weighted by Gasteiger charge is 2.33. The lowest BCUT2D eigenvalue weighted by Crippen LogP contribution is -2.43. The van der Waals surface area contributed by atoms with E-state index in [4.69, 9.17) is 4.74 Å². The first kappa shape index (κ1) is 13.1. The van der Waals surface area contributed by atoms with Gasteiger partial charge in [0.2, 0.25) is 0 Å². The zero-order valence-electron chi connectivity index (χ0n) is 10.9. The molecule has 2 heterocycles. The molecule has 2 aliphatic rings. The van der Waals surface area contributed by atoms with E-state index in [1.54, 1.807) is 11.3 Å². The normalized spacial score (nSPS) is 26.2. The Bertz CT molecular complexity index is 477. The predicted octanol–water partition coefficient (Wildman–Crippen LogP) is 1.51. The SMILES string of the molecule is O=C(NCC1(O)CCOC1)c1csc2c1CCCC2. The van der Waals surface area contributed by atoms with Gasteiger partial charge in [0.15, 0.2) is 0 Å². The van der Waals surface area contributed by atoms with Gasteiger partial charge in [-0.25, -0.2) is 0 Å². The van der Waals surface area contributed by atoms with Crippen LogP contribution in [-0.2, 0) is 17.6 Å². The standard InChI is InChI=1S/C14H19NO3S/c16-13(15-8-14(17)5-6-18-9-14)11-7-19-12-4-2-1-3-10(11)12/h7,17H,1-6,8-9H2,(H,15,16). The smallest absolute Gasteiger partial charge is 0.252 e. The van der Waals surface area contributed by atoms with Crippen molar-refractivity contribution in [3.8, 4) is 0 Å². The molecule has 0 radical (unpaired) electrons. The molecule has 0 aromatic carbocycles. The van der Waals surface area contributed by atoms with Crippen molar-refractivity contribution in [1.29, 1.82) is 0 Å². The van der Waals surface area contributed by atoms with Crippen molar-refractivity contribution < 1.29 is 14.6 Å². The van der Waals surface area contributed by atoms with Crippen molar-refractivity contribution in [2.24, 2.45) is 0 Å². The third-order valence-electron chi connectivity index (χ3n) is 3.97. The molecule has 1 saturated heterocycles. The van der Waals surface area contributed by atoms with Crippen molar-refractivity contribution in [1.82, 2.24) is 5.32 Å². The van der Waals surface area contributed by atoms with Crippen LogP contribution in [0.2, 0.25) is 0 Å². The minimum Gasteiger partial charge on any atom is -0.386 e. The van der Waals surface area contributed by atoms with Gasteiger partial charge in [-0.2, -0.15) is 0 Å². The number of aliphatic hydroxyl groups is 1. The lowest BCUT2D eigenvalue weighted by Gasteiger charge is -2.21. The number of ether oxygens (including phenoxy) is 1. The van der Waals surface area contributed by atoms with E-state index in [2.05, 4.69) is 5.32 Å². The minimum absolute atomic E-state index is 0.0558. The van der Waals surface area contributed by atoms with Crippen molar-refractivity contribution in [2.45, 2.75) is 37.7 Å². The van der Waals surface area contributed by atoms with Crippen LogP contribution in [0, 0.1) is 0 Å². The quantitative estimate of drug-likeness (QED) is 0.883. The Kier molecular flexibility index (Phi) is 3.60. The molecule has 2 N–H and O–H groups in total. The highest BCUT2D eigenvalue weighted by Crippen LogP contribution is 2.30. The van der Waals surface area contributed by atoms with Crippen LogP contribution in [0.4, 0.5) is 0 Å². The van der Waals surface area contributed by atoms with Gasteiger partial charge in [0, 0.05) is 29.8 Å². The summed E-state index contributed by atoms with van der Waals surface area (Å²) in [6.07, 6.45) is 5.10. The summed E-state index contributed by atoms with van der Waals surface area (Å²) >= 11 is 1.69. The van der Waals surface area contributed by atoms with Gasteiger partial charge < -0.3 is 15.2 Å². The minimum atomic E-state index is -0.883. The molecule has 1 amide bonds. The lowest BCUT2D eigenvalue weighted by atomic mass is 9.95. The molecule has 3 rings (SSSR count). The number of aryl methyl sites for hydroxylation is 1. The van der Waals surface area contributed by atoms with Crippen molar-refractivity contribution in [3.63, 3.8) is 0 Å². The van der Waals surface area contributed by atoms with Gasteiger partial charge in [-0.05, 0) is 31.2 Å². The Hall–Kier alpha value is -0.910. The average molecular weight is 281 g/mol. The number of fused-ring (bicyclic) bond motifs is 1. The van der Waals surface area contributed by atoms with Crippen LogP contribution >= 0.6 is 11.3 Å². The summed E-state index contributed by atoms with van der Waals surface area (Å²) in [5, 5.41) is 15.0. The van der Waals surface area contributed by atoms with Crippen LogP contribution in [-0.4, -0.2) is 36.4 Å². The molecule has 104 valence electrons. The van der Waals surface area contributed by atoms with Gasteiger partial charge in [-0.3, -0.25) is 4.79 Å². The Labute approximate surface area is 116 Å². The van der Waals surface area contributed by atoms with Crippen molar-refractivity contribution in [3.05, 3.63) is 21.4 Å². The maximum atomic E-state index is 12.2. The third kappa shape index (κ3) is 2.68. The molecular formula is C14H19NO3S. The first-order valence-corrected chi connectivity index (χ1v) is 7.73. The van der Waals surface area contributed by atoms with E-state index in [0.29, 0.717) is 19.6 Å². The molecule has 1 aromatic rings. The molecule has 0 bridgehead atoms. The Morgan fingerprint density at radius 3 is 3.11 bits per heavy atom. The molecule has 5 heteroatoms. The first-order valence-electron chi connectivity index (χ1n) is 6.85. The molecule has 0 saturated carbocycles. The maximum absolute atomic E-state index is 12.2. The number of rotatable bonds is 3. The zero-order chi connectivity index (χ0) is 13.3. The molecule has 1 aliphatic carbocycles. The number of carbonyl (C=O) groups excluding carboxylic acids is 1. The van der Waals surface area contributed by atoms with Crippen molar-refractivity contribution >= 4 is 17.2 Å². The zero-order valence-corrected chi connectivity index (χ0v) is 11.7. The molecular weight excluding hydrogens is 262 g/mol. The maximum Gasteiger partial charge on any atom is 0.252 e. The second-order valence-corrected chi connectivity index (χ2v) is 6.43. The molecule has 19 heavy (non-hydrogen) atoms. The molecule has 1 atom stereocenters. The Balaban J connectivity index is 1.65. The summed E-state index contributed by atoms with van der Waals surface area (Å²) in [4.78, 5) is 13.6. The van der Waals surface area contributed by atoms with Gasteiger partial charge in [0.25, 0.3) is 5.91 Å². The summed E-state index contributed by atoms with van der Waals surface area (Å²) in [5.74, 6) is -0.0558. The molecule has 1 fully saturated rings. The van der Waals surface area contributed by atoms with E-state index in [1.807, 2.05) is 5.38 Å². The fourth-order valence-corrected chi connectivity index (χ4v) is 3.89. The molecule has 1 aliphatic heterocycles. The van der Waals surface area contributed by atoms with E-state index < -0.39 is 5.60 Å². The number of amides is 1. The van der Waals surface area contributed by atoms with E-state index in [9.17, 15) is 9.90 Å². The van der Waals surface area contributed by atoms with Crippen LogP contribution in [0.25, 0.3) is 0 Å². The second-order valence-electron chi connectivity index (χ2n) is 5.47. The number of hydrogen-bond donors (Lipinski definition) is 2. The molecule has 4 nitrogen and oxygen atoms in total. The Morgan fingerprint density at radius 1 is 1.47 bits per heavy atom.